The van der Waals surface area contributed by atoms with Crippen LogP contribution in [0, 0.1) is 12.3 Å². The Morgan fingerprint density at radius 2 is 1.76 bits per heavy atom. The normalized spacial score (nSPS) is 13.5. The summed E-state index contributed by atoms with van der Waals surface area (Å²) in [6.07, 6.45) is 10.7. The topological polar surface area (TPSA) is 54.4 Å². The largest absolute Gasteiger partial charge is 0.378 e. The van der Waals surface area contributed by atoms with Crippen molar-refractivity contribution in [2.45, 2.75) is 66.9 Å². The fourth-order valence-electron chi connectivity index (χ4n) is 0.539. The lowest BCUT2D eigenvalue weighted by atomic mass is 10.1. The number of hydrogen-bond donors (Lipinski definition) is 1. The van der Waals surface area contributed by atoms with E-state index in [4.69, 9.17) is 11.5 Å². The van der Waals surface area contributed by atoms with Crippen LogP contribution in [0.4, 0.5) is 0 Å². The van der Waals surface area contributed by atoms with Crippen LogP contribution < -0.4 is 0 Å². The summed E-state index contributed by atoms with van der Waals surface area (Å²) < 4.78 is 0. The van der Waals surface area contributed by atoms with E-state index in [1.54, 1.807) is 19.9 Å². The summed E-state index contributed by atoms with van der Waals surface area (Å²) in [6.45, 7) is 12.7. The Morgan fingerprint density at radius 3 is 1.81 bits per heavy atom. The molecule has 0 aromatic heterocycles. The molecule has 3 nitrogen and oxygen atoms in total. The first-order chi connectivity index (χ1) is 9.61. The Labute approximate surface area is 130 Å². The van der Waals surface area contributed by atoms with Gasteiger partial charge in [0.1, 0.15) is 11.9 Å². The van der Waals surface area contributed by atoms with Gasteiger partial charge in [-0.25, -0.2) is 0 Å². The minimum absolute atomic E-state index is 0.155. The molecular weight excluding hydrogens is 264 g/mol. The first-order valence-corrected chi connectivity index (χ1v) is 7.06. The molecular formula is C18H30O3. The third-order valence-corrected chi connectivity index (χ3v) is 2.90. The van der Waals surface area contributed by atoms with Crippen LogP contribution in [0.25, 0.3) is 0 Å². The van der Waals surface area contributed by atoms with Gasteiger partial charge < -0.3 is 5.11 Å². The number of ketones is 1. The maximum Gasteiger partial charge on any atom is 0.155 e. The van der Waals surface area contributed by atoms with Gasteiger partial charge in [-0.1, -0.05) is 31.4 Å². The van der Waals surface area contributed by atoms with E-state index in [9.17, 15) is 9.59 Å². The van der Waals surface area contributed by atoms with Crippen LogP contribution in [0.1, 0.15) is 61.3 Å². The molecule has 0 aliphatic rings. The van der Waals surface area contributed by atoms with Gasteiger partial charge in [0.05, 0.1) is 0 Å². The van der Waals surface area contributed by atoms with Gasteiger partial charge >= 0.3 is 0 Å². The molecule has 0 aromatic carbocycles. The van der Waals surface area contributed by atoms with Crippen LogP contribution in [0.15, 0.2) is 23.3 Å². The van der Waals surface area contributed by atoms with Gasteiger partial charge in [0.25, 0.3) is 0 Å². The average molecular weight is 294 g/mol. The third kappa shape index (κ3) is 20.8. The first-order valence-electron chi connectivity index (χ1n) is 7.06. The summed E-state index contributed by atoms with van der Waals surface area (Å²) in [7, 11) is 0. The van der Waals surface area contributed by atoms with Crippen molar-refractivity contribution in [2.24, 2.45) is 0 Å². The number of allylic oxidation sites excluding steroid dienone is 4. The van der Waals surface area contributed by atoms with Crippen molar-refractivity contribution in [2.75, 3.05) is 0 Å². The SMILES string of the molecule is C#CC(C)(O)CC.C/C=C(\C)C(C)=O.CC/C(C)=C/C=O. The zero-order valence-corrected chi connectivity index (χ0v) is 14.5. The van der Waals surface area contributed by atoms with Crippen LogP contribution >= 0.6 is 0 Å². The second-order valence-electron chi connectivity index (χ2n) is 4.80. The van der Waals surface area contributed by atoms with Gasteiger partial charge in [-0.2, -0.15) is 0 Å². The number of carbonyl (C=O) groups is 2. The van der Waals surface area contributed by atoms with Gasteiger partial charge in [-0.05, 0) is 59.1 Å². The molecule has 0 saturated carbocycles. The summed E-state index contributed by atoms with van der Waals surface area (Å²) >= 11 is 0. The summed E-state index contributed by atoms with van der Waals surface area (Å²) in [6, 6.07) is 0. The molecule has 0 spiro atoms. The highest BCUT2D eigenvalue weighted by Crippen LogP contribution is 2.03. The van der Waals surface area contributed by atoms with Crippen molar-refractivity contribution in [3.63, 3.8) is 0 Å². The molecule has 1 N–H and O–H groups in total. The molecule has 3 heteroatoms. The van der Waals surface area contributed by atoms with Gasteiger partial charge in [0.2, 0.25) is 0 Å². The monoisotopic (exact) mass is 294 g/mol. The third-order valence-electron chi connectivity index (χ3n) is 2.90. The highest BCUT2D eigenvalue weighted by molar-refractivity contribution is 5.92. The molecule has 0 amide bonds. The van der Waals surface area contributed by atoms with Crippen LogP contribution in [-0.2, 0) is 9.59 Å². The molecule has 0 saturated heterocycles. The fraction of sp³-hybridized carbons (Fsp3) is 0.556. The van der Waals surface area contributed by atoms with Gasteiger partial charge in [-0.15, -0.1) is 6.42 Å². The zero-order valence-electron chi connectivity index (χ0n) is 14.5. The summed E-state index contributed by atoms with van der Waals surface area (Å²) in [5.41, 5.74) is 1.08. The predicted molar refractivity (Wildman–Crippen MR) is 90.0 cm³/mol. The molecule has 120 valence electrons. The quantitative estimate of drug-likeness (QED) is 0.486. The number of Topliss-reactive ketones (excluding diaryl/α,β-unsaturated/α-hetero) is 1. The molecule has 21 heavy (non-hydrogen) atoms. The lowest BCUT2D eigenvalue weighted by molar-refractivity contribution is -0.113. The van der Waals surface area contributed by atoms with Gasteiger partial charge in [0.15, 0.2) is 5.78 Å². The van der Waals surface area contributed by atoms with Crippen LogP contribution in [0.5, 0.6) is 0 Å². The van der Waals surface area contributed by atoms with Gasteiger partial charge in [0, 0.05) is 0 Å². The second kappa shape index (κ2) is 14.7. The minimum atomic E-state index is -0.889. The minimum Gasteiger partial charge on any atom is -0.378 e. The number of aldehydes is 1. The molecule has 0 heterocycles. The number of terminal acetylenes is 1. The van der Waals surface area contributed by atoms with Crippen molar-refractivity contribution in [3.05, 3.63) is 23.3 Å². The number of rotatable bonds is 4. The van der Waals surface area contributed by atoms with E-state index in [1.807, 2.05) is 40.7 Å². The van der Waals surface area contributed by atoms with E-state index >= 15 is 0 Å². The Morgan fingerprint density at radius 1 is 1.29 bits per heavy atom. The summed E-state index contributed by atoms with van der Waals surface area (Å²) in [5.74, 6) is 2.40. The molecule has 0 bridgehead atoms. The van der Waals surface area contributed by atoms with E-state index < -0.39 is 5.60 Å². The maximum atomic E-state index is 10.3. The number of carbonyl (C=O) groups excluding carboxylic acids is 2. The number of aliphatic hydroxyl groups is 1. The van der Waals surface area contributed by atoms with E-state index in [1.165, 1.54) is 0 Å². The summed E-state index contributed by atoms with van der Waals surface area (Å²) in [5, 5.41) is 8.90. The van der Waals surface area contributed by atoms with Crippen molar-refractivity contribution in [1.29, 1.82) is 0 Å². The molecule has 1 atom stereocenters. The second-order valence-corrected chi connectivity index (χ2v) is 4.80. The molecule has 0 rings (SSSR count). The summed E-state index contributed by atoms with van der Waals surface area (Å²) in [4.78, 5) is 20.0. The van der Waals surface area contributed by atoms with E-state index in [0.717, 1.165) is 23.9 Å². The van der Waals surface area contributed by atoms with Crippen molar-refractivity contribution in [3.8, 4) is 12.3 Å². The Bertz CT molecular complexity index is 393. The fourth-order valence-corrected chi connectivity index (χ4v) is 0.539. The van der Waals surface area contributed by atoms with Crippen LogP contribution in [-0.4, -0.2) is 22.8 Å². The van der Waals surface area contributed by atoms with Crippen LogP contribution in [0.3, 0.4) is 0 Å². The molecule has 0 radical (unpaired) electrons. The van der Waals surface area contributed by atoms with Crippen molar-refractivity contribution < 1.29 is 14.7 Å². The van der Waals surface area contributed by atoms with Crippen molar-refractivity contribution in [1.82, 2.24) is 0 Å². The zero-order chi connectivity index (χ0) is 17.5. The Balaban J connectivity index is -0.000000231. The molecule has 0 aliphatic heterocycles. The first kappa shape index (κ1) is 24.4. The Kier molecular flexibility index (Phi) is 17.1. The molecule has 0 aliphatic carbocycles. The average Bonchev–Trinajstić information content (AvgIpc) is 2.47. The number of hydrogen-bond acceptors (Lipinski definition) is 3. The van der Waals surface area contributed by atoms with E-state index in [2.05, 4.69) is 5.92 Å². The highest BCUT2D eigenvalue weighted by Gasteiger charge is 2.10. The standard InChI is InChI=1S/3C6H10O/c1-4-6(3,7)5-2;1-4-5(2)6(3)7;1-3-6(2)4-5-7/h1,7H,5H2,2-3H3;4H,1-3H3;4-5H,3H2,1-2H3/b;5-4+;6-4+. The van der Waals surface area contributed by atoms with Gasteiger partial charge in [-0.3, -0.25) is 9.59 Å². The maximum absolute atomic E-state index is 10.3. The Hall–Kier alpha value is -1.66. The van der Waals surface area contributed by atoms with Crippen molar-refractivity contribution >= 4 is 12.1 Å². The smallest absolute Gasteiger partial charge is 0.155 e. The highest BCUT2D eigenvalue weighted by atomic mass is 16.3. The molecule has 1 unspecified atom stereocenters. The molecule has 0 aromatic rings. The lowest BCUT2D eigenvalue weighted by Gasteiger charge is -2.10. The van der Waals surface area contributed by atoms with E-state index in [-0.39, 0.29) is 5.78 Å². The predicted octanol–water partition coefficient (Wildman–Crippen LogP) is 3.86. The van der Waals surface area contributed by atoms with Crippen LogP contribution in [0.2, 0.25) is 0 Å². The van der Waals surface area contributed by atoms with E-state index in [0.29, 0.717) is 6.42 Å². The lowest BCUT2D eigenvalue weighted by Crippen LogP contribution is -2.18. The molecule has 0 fully saturated rings.